The van der Waals surface area contributed by atoms with Crippen molar-refractivity contribution in [2.45, 2.75) is 20.5 Å². The van der Waals surface area contributed by atoms with Crippen molar-refractivity contribution in [1.29, 1.82) is 0 Å². The first kappa shape index (κ1) is 17.2. The third-order valence-electron chi connectivity index (χ3n) is 3.94. The molecule has 0 saturated carbocycles. The number of ether oxygens (including phenoxy) is 1. The van der Waals surface area contributed by atoms with Gasteiger partial charge in [0.1, 0.15) is 29.5 Å². The van der Waals surface area contributed by atoms with Gasteiger partial charge in [-0.25, -0.2) is 8.78 Å². The molecule has 23 heavy (non-hydrogen) atoms. The van der Waals surface area contributed by atoms with Crippen LogP contribution in [0.5, 0.6) is 5.75 Å². The molecule has 1 aromatic carbocycles. The lowest BCUT2D eigenvalue weighted by Gasteiger charge is -2.09. The smallest absolute Gasteiger partial charge is 0.147 e. The Labute approximate surface area is 139 Å². The average molecular weight is 339 g/mol. The number of fused-ring (bicyclic) bond motifs is 1. The van der Waals surface area contributed by atoms with Crippen LogP contribution in [0.25, 0.3) is 11.0 Å². The van der Waals surface area contributed by atoms with Gasteiger partial charge in [-0.2, -0.15) is 0 Å². The fourth-order valence-electron chi connectivity index (χ4n) is 2.60. The van der Waals surface area contributed by atoms with Gasteiger partial charge in [-0.15, -0.1) is 12.4 Å². The standard InChI is InChI=1S/C17H16F2N2O.ClH/c1-10-11(2)21(3)17-15(4-5-20-16(10)17)22-9-12-6-13(18)8-14(19)7-12;/h4-8H,9H2,1-3H3;1H. The predicted molar refractivity (Wildman–Crippen MR) is 88.1 cm³/mol. The largest absolute Gasteiger partial charge is 0.487 e. The van der Waals surface area contributed by atoms with Gasteiger partial charge in [-0.05, 0) is 37.1 Å². The summed E-state index contributed by atoms with van der Waals surface area (Å²) in [7, 11) is 1.95. The molecule has 0 aliphatic heterocycles. The third kappa shape index (κ3) is 3.15. The van der Waals surface area contributed by atoms with Crippen molar-refractivity contribution in [2.75, 3.05) is 0 Å². The Balaban J connectivity index is 0.00000192. The molecule has 0 aliphatic carbocycles. The number of nitrogens with zero attached hydrogens (tertiary/aromatic N) is 2. The maximum Gasteiger partial charge on any atom is 0.147 e. The van der Waals surface area contributed by atoms with Gasteiger partial charge in [0, 0.05) is 31.1 Å². The molecular weight excluding hydrogens is 322 g/mol. The zero-order valence-electron chi connectivity index (χ0n) is 13.1. The highest BCUT2D eigenvalue weighted by molar-refractivity contribution is 5.86. The molecule has 0 aliphatic rings. The maximum absolute atomic E-state index is 13.2. The minimum atomic E-state index is -0.607. The molecule has 0 unspecified atom stereocenters. The number of pyridine rings is 1. The van der Waals surface area contributed by atoms with Crippen molar-refractivity contribution >= 4 is 23.4 Å². The van der Waals surface area contributed by atoms with Crippen LogP contribution in [-0.2, 0) is 13.7 Å². The van der Waals surface area contributed by atoms with E-state index < -0.39 is 11.6 Å². The Morgan fingerprint density at radius 2 is 1.78 bits per heavy atom. The van der Waals surface area contributed by atoms with Gasteiger partial charge in [0.25, 0.3) is 0 Å². The molecule has 6 heteroatoms. The maximum atomic E-state index is 13.2. The van der Waals surface area contributed by atoms with Crippen molar-refractivity contribution in [2.24, 2.45) is 7.05 Å². The molecule has 0 N–H and O–H groups in total. The van der Waals surface area contributed by atoms with Crippen LogP contribution >= 0.6 is 12.4 Å². The Kier molecular flexibility index (Phi) is 4.90. The highest BCUT2D eigenvalue weighted by atomic mass is 35.5. The summed E-state index contributed by atoms with van der Waals surface area (Å²) in [6.07, 6.45) is 1.68. The summed E-state index contributed by atoms with van der Waals surface area (Å²) in [5.74, 6) is -0.568. The Hall–Kier alpha value is -2.14. The van der Waals surface area contributed by atoms with E-state index in [0.717, 1.165) is 28.4 Å². The molecule has 0 bridgehead atoms. The molecule has 0 amide bonds. The molecular formula is C17H17ClF2N2O. The second-order valence-corrected chi connectivity index (χ2v) is 5.34. The summed E-state index contributed by atoms with van der Waals surface area (Å²) >= 11 is 0. The van der Waals surface area contributed by atoms with Gasteiger partial charge >= 0.3 is 0 Å². The fourth-order valence-corrected chi connectivity index (χ4v) is 2.60. The highest BCUT2D eigenvalue weighted by Gasteiger charge is 2.14. The van der Waals surface area contributed by atoms with Crippen LogP contribution in [0.1, 0.15) is 16.8 Å². The van der Waals surface area contributed by atoms with Gasteiger partial charge < -0.3 is 9.30 Å². The van der Waals surface area contributed by atoms with Crippen LogP contribution in [0, 0.1) is 25.5 Å². The minimum absolute atomic E-state index is 0. The highest BCUT2D eigenvalue weighted by Crippen LogP contribution is 2.30. The van der Waals surface area contributed by atoms with Crippen LogP contribution in [-0.4, -0.2) is 9.55 Å². The molecule has 0 atom stereocenters. The summed E-state index contributed by atoms with van der Waals surface area (Å²) in [6, 6.07) is 5.14. The Morgan fingerprint density at radius 3 is 2.43 bits per heavy atom. The molecule has 3 nitrogen and oxygen atoms in total. The van der Waals surface area contributed by atoms with E-state index in [9.17, 15) is 8.78 Å². The van der Waals surface area contributed by atoms with Gasteiger partial charge in [0.15, 0.2) is 0 Å². The van der Waals surface area contributed by atoms with E-state index in [-0.39, 0.29) is 19.0 Å². The van der Waals surface area contributed by atoms with E-state index in [1.807, 2.05) is 25.5 Å². The molecule has 0 saturated heterocycles. The zero-order valence-corrected chi connectivity index (χ0v) is 13.9. The number of hydrogen-bond donors (Lipinski definition) is 0. The number of halogens is 3. The van der Waals surface area contributed by atoms with E-state index >= 15 is 0 Å². The second-order valence-electron chi connectivity index (χ2n) is 5.34. The summed E-state index contributed by atoms with van der Waals surface area (Å²) in [5, 5.41) is 0. The number of aryl methyl sites for hydroxylation is 2. The topological polar surface area (TPSA) is 27.1 Å². The molecule has 0 spiro atoms. The average Bonchev–Trinajstić information content (AvgIpc) is 2.70. The van der Waals surface area contributed by atoms with Crippen molar-refractivity contribution in [3.63, 3.8) is 0 Å². The van der Waals surface area contributed by atoms with E-state index in [2.05, 4.69) is 4.98 Å². The zero-order chi connectivity index (χ0) is 15.9. The third-order valence-corrected chi connectivity index (χ3v) is 3.94. The van der Waals surface area contributed by atoms with Crippen molar-refractivity contribution in [3.05, 3.63) is 58.9 Å². The molecule has 2 aromatic heterocycles. The van der Waals surface area contributed by atoms with Gasteiger partial charge in [-0.3, -0.25) is 4.98 Å². The van der Waals surface area contributed by atoms with Gasteiger partial charge in [0.05, 0.1) is 5.52 Å². The lowest BCUT2D eigenvalue weighted by molar-refractivity contribution is 0.307. The van der Waals surface area contributed by atoms with Crippen LogP contribution in [0.4, 0.5) is 8.78 Å². The van der Waals surface area contributed by atoms with E-state index in [4.69, 9.17) is 4.74 Å². The summed E-state index contributed by atoms with van der Waals surface area (Å²) in [6.45, 7) is 4.12. The summed E-state index contributed by atoms with van der Waals surface area (Å²) in [5.41, 5.74) is 4.41. The van der Waals surface area contributed by atoms with E-state index in [1.165, 1.54) is 12.1 Å². The molecule has 0 radical (unpaired) electrons. The van der Waals surface area contributed by atoms with E-state index in [0.29, 0.717) is 11.3 Å². The SMILES string of the molecule is Cc1c(C)n(C)c2c(OCc3cc(F)cc(F)c3)ccnc12.Cl. The Bertz CT molecular complexity index is 841. The summed E-state index contributed by atoms with van der Waals surface area (Å²) in [4.78, 5) is 4.39. The first-order valence-corrected chi connectivity index (χ1v) is 6.95. The first-order valence-electron chi connectivity index (χ1n) is 6.95. The number of rotatable bonds is 3. The monoisotopic (exact) mass is 338 g/mol. The van der Waals surface area contributed by atoms with Crippen LogP contribution in [0.2, 0.25) is 0 Å². The quantitative estimate of drug-likeness (QED) is 0.704. The van der Waals surface area contributed by atoms with Crippen LogP contribution in [0.3, 0.4) is 0 Å². The van der Waals surface area contributed by atoms with Crippen molar-refractivity contribution in [1.82, 2.24) is 9.55 Å². The van der Waals surface area contributed by atoms with Gasteiger partial charge in [-0.1, -0.05) is 0 Å². The number of benzene rings is 1. The number of aromatic nitrogens is 2. The van der Waals surface area contributed by atoms with E-state index in [1.54, 1.807) is 12.3 Å². The van der Waals surface area contributed by atoms with Crippen LogP contribution in [0.15, 0.2) is 30.5 Å². The van der Waals surface area contributed by atoms with Crippen molar-refractivity contribution in [3.8, 4) is 5.75 Å². The second kappa shape index (κ2) is 6.54. The molecule has 3 rings (SSSR count). The first-order chi connectivity index (χ1) is 10.5. The minimum Gasteiger partial charge on any atom is -0.487 e. The normalized spacial score (nSPS) is 10.7. The lowest BCUT2D eigenvalue weighted by Crippen LogP contribution is -2.00. The summed E-state index contributed by atoms with van der Waals surface area (Å²) < 4.78 is 34.2. The predicted octanol–water partition coefficient (Wildman–Crippen LogP) is 4.47. The lowest BCUT2D eigenvalue weighted by atomic mass is 10.2. The fraction of sp³-hybridized carbons (Fsp3) is 0.235. The van der Waals surface area contributed by atoms with Crippen LogP contribution < -0.4 is 4.74 Å². The molecule has 0 fully saturated rings. The van der Waals surface area contributed by atoms with Gasteiger partial charge in [0.2, 0.25) is 0 Å². The molecule has 2 heterocycles. The Morgan fingerprint density at radius 1 is 1.13 bits per heavy atom. The molecule has 3 aromatic rings. The number of hydrogen-bond acceptors (Lipinski definition) is 2. The van der Waals surface area contributed by atoms with Crippen molar-refractivity contribution < 1.29 is 13.5 Å². The molecule has 122 valence electrons.